The molecule has 0 amide bonds. The fourth-order valence-corrected chi connectivity index (χ4v) is 2.73. The van der Waals surface area contributed by atoms with E-state index >= 15 is 0 Å². The minimum Gasteiger partial charge on any atom is -0.473 e. The van der Waals surface area contributed by atoms with Crippen LogP contribution in [0.4, 0.5) is 13.9 Å². The van der Waals surface area contributed by atoms with Gasteiger partial charge >= 0.3 is 0 Å². The number of hydrogen-bond donors (Lipinski definition) is 1. The standard InChI is InChI=1S/C16H11ClF2N2OS/c17-11-3-1-10(2-4-11)15-8-23-16(21-15)20-9-22-14-6-12(18)5-13(19)7-14/h1-8H,9H2,(H,20,21). The lowest BCUT2D eigenvalue weighted by Gasteiger charge is -2.06. The van der Waals surface area contributed by atoms with E-state index in [1.54, 1.807) is 12.1 Å². The normalized spacial score (nSPS) is 10.6. The van der Waals surface area contributed by atoms with Crippen molar-refractivity contribution in [2.45, 2.75) is 0 Å². The first-order chi connectivity index (χ1) is 11.1. The summed E-state index contributed by atoms with van der Waals surface area (Å²) in [5.74, 6) is -1.25. The predicted molar refractivity (Wildman–Crippen MR) is 88.0 cm³/mol. The molecule has 2 aromatic carbocycles. The summed E-state index contributed by atoms with van der Waals surface area (Å²) in [4.78, 5) is 4.41. The van der Waals surface area contributed by atoms with Gasteiger partial charge < -0.3 is 10.1 Å². The SMILES string of the molecule is Fc1cc(F)cc(OCNc2nc(-c3ccc(Cl)cc3)cs2)c1. The zero-order chi connectivity index (χ0) is 16.2. The third-order valence-corrected chi connectivity index (χ3v) is 3.99. The fourth-order valence-electron chi connectivity index (χ4n) is 1.90. The fraction of sp³-hybridized carbons (Fsp3) is 0.0625. The van der Waals surface area contributed by atoms with Crippen LogP contribution < -0.4 is 10.1 Å². The van der Waals surface area contributed by atoms with Crippen molar-refractivity contribution in [3.63, 3.8) is 0 Å². The van der Waals surface area contributed by atoms with E-state index in [0.717, 1.165) is 29.5 Å². The molecule has 0 bridgehead atoms. The molecular weight excluding hydrogens is 342 g/mol. The number of ether oxygens (including phenoxy) is 1. The van der Waals surface area contributed by atoms with Crippen LogP contribution in [0.15, 0.2) is 47.8 Å². The Morgan fingerprint density at radius 3 is 2.48 bits per heavy atom. The second-order valence-corrected chi connectivity index (χ2v) is 5.91. The Hall–Kier alpha value is -2.18. The molecule has 0 saturated heterocycles. The molecule has 0 atom stereocenters. The maximum absolute atomic E-state index is 13.0. The van der Waals surface area contributed by atoms with Crippen LogP contribution in [0.3, 0.4) is 0 Å². The Morgan fingerprint density at radius 2 is 1.78 bits per heavy atom. The molecule has 0 unspecified atom stereocenters. The van der Waals surface area contributed by atoms with E-state index in [4.69, 9.17) is 16.3 Å². The average molecular weight is 353 g/mol. The van der Waals surface area contributed by atoms with E-state index in [1.165, 1.54) is 11.3 Å². The van der Waals surface area contributed by atoms with E-state index in [9.17, 15) is 8.78 Å². The van der Waals surface area contributed by atoms with E-state index in [2.05, 4.69) is 10.3 Å². The Bertz CT molecular complexity index is 788. The summed E-state index contributed by atoms with van der Waals surface area (Å²) in [5.41, 5.74) is 1.76. The van der Waals surface area contributed by atoms with Crippen molar-refractivity contribution in [2.75, 3.05) is 12.0 Å². The number of thiazole rings is 1. The maximum Gasteiger partial charge on any atom is 0.185 e. The molecule has 23 heavy (non-hydrogen) atoms. The van der Waals surface area contributed by atoms with Gasteiger partial charge in [-0.1, -0.05) is 23.7 Å². The van der Waals surface area contributed by atoms with Crippen molar-refractivity contribution >= 4 is 28.1 Å². The van der Waals surface area contributed by atoms with E-state index in [-0.39, 0.29) is 12.5 Å². The van der Waals surface area contributed by atoms with Gasteiger partial charge in [-0.05, 0) is 12.1 Å². The minimum absolute atomic E-state index is 0.0520. The summed E-state index contributed by atoms with van der Waals surface area (Å²) in [6.45, 7) is 0.0520. The van der Waals surface area contributed by atoms with Gasteiger partial charge in [0.05, 0.1) is 5.69 Å². The number of rotatable bonds is 5. The summed E-state index contributed by atoms with van der Waals surface area (Å²) in [6, 6.07) is 10.4. The monoisotopic (exact) mass is 352 g/mol. The molecule has 1 N–H and O–H groups in total. The molecule has 3 nitrogen and oxygen atoms in total. The molecule has 7 heteroatoms. The van der Waals surface area contributed by atoms with Gasteiger partial charge in [0.2, 0.25) is 0 Å². The summed E-state index contributed by atoms with van der Waals surface area (Å²) in [6.07, 6.45) is 0. The van der Waals surface area contributed by atoms with Gasteiger partial charge in [0.15, 0.2) is 11.9 Å². The lowest BCUT2D eigenvalue weighted by Crippen LogP contribution is -2.08. The topological polar surface area (TPSA) is 34.1 Å². The van der Waals surface area contributed by atoms with Crippen molar-refractivity contribution in [3.8, 4) is 17.0 Å². The molecule has 3 rings (SSSR count). The highest BCUT2D eigenvalue weighted by molar-refractivity contribution is 7.14. The van der Waals surface area contributed by atoms with Crippen molar-refractivity contribution < 1.29 is 13.5 Å². The van der Waals surface area contributed by atoms with Crippen LogP contribution in [-0.2, 0) is 0 Å². The van der Waals surface area contributed by atoms with E-state index < -0.39 is 11.6 Å². The van der Waals surface area contributed by atoms with Crippen molar-refractivity contribution in [2.24, 2.45) is 0 Å². The molecule has 1 aromatic heterocycles. The summed E-state index contributed by atoms with van der Waals surface area (Å²) < 4.78 is 31.3. The predicted octanol–water partition coefficient (Wildman–Crippen LogP) is 5.19. The van der Waals surface area contributed by atoms with Gasteiger partial charge in [-0.25, -0.2) is 13.8 Å². The van der Waals surface area contributed by atoms with Crippen molar-refractivity contribution in [3.05, 3.63) is 64.5 Å². The molecule has 3 aromatic rings. The second-order valence-electron chi connectivity index (χ2n) is 4.62. The summed E-state index contributed by atoms with van der Waals surface area (Å²) in [5, 5.41) is 6.15. The van der Waals surface area contributed by atoms with Gasteiger partial charge in [0.1, 0.15) is 17.4 Å². The van der Waals surface area contributed by atoms with Gasteiger partial charge in [-0.2, -0.15) is 0 Å². The Labute approximate surface area is 140 Å². The van der Waals surface area contributed by atoms with E-state index in [1.807, 2.05) is 17.5 Å². The highest BCUT2D eigenvalue weighted by Crippen LogP contribution is 2.26. The summed E-state index contributed by atoms with van der Waals surface area (Å²) in [7, 11) is 0. The first kappa shape index (κ1) is 15.7. The number of hydrogen-bond acceptors (Lipinski definition) is 4. The average Bonchev–Trinajstić information content (AvgIpc) is 2.96. The molecule has 0 spiro atoms. The van der Waals surface area contributed by atoms with Crippen LogP contribution >= 0.6 is 22.9 Å². The molecule has 118 valence electrons. The van der Waals surface area contributed by atoms with Gasteiger partial charge in [-0.15, -0.1) is 11.3 Å². The lowest BCUT2D eigenvalue weighted by atomic mass is 10.2. The van der Waals surface area contributed by atoms with Crippen LogP contribution in [0.5, 0.6) is 5.75 Å². The Kier molecular flexibility index (Phi) is 4.73. The van der Waals surface area contributed by atoms with Crippen LogP contribution in [0.1, 0.15) is 0 Å². The van der Waals surface area contributed by atoms with Crippen LogP contribution in [0.2, 0.25) is 5.02 Å². The van der Waals surface area contributed by atoms with Gasteiger partial charge in [0.25, 0.3) is 0 Å². The molecule has 0 radical (unpaired) electrons. The number of nitrogens with zero attached hydrogens (tertiary/aromatic N) is 1. The first-order valence-corrected chi connectivity index (χ1v) is 7.90. The molecular formula is C16H11ClF2N2OS. The number of benzene rings is 2. The maximum atomic E-state index is 13.0. The Balaban J connectivity index is 1.60. The van der Waals surface area contributed by atoms with Gasteiger partial charge in [-0.3, -0.25) is 0 Å². The third kappa shape index (κ3) is 4.18. The number of aromatic nitrogens is 1. The van der Waals surface area contributed by atoms with Crippen molar-refractivity contribution in [1.82, 2.24) is 4.98 Å². The molecule has 0 aliphatic heterocycles. The Morgan fingerprint density at radius 1 is 1.09 bits per heavy atom. The molecule has 0 saturated carbocycles. The smallest absolute Gasteiger partial charge is 0.185 e. The minimum atomic E-state index is -0.681. The van der Waals surface area contributed by atoms with E-state index in [0.29, 0.717) is 10.2 Å². The highest BCUT2D eigenvalue weighted by atomic mass is 35.5. The zero-order valence-electron chi connectivity index (χ0n) is 11.7. The third-order valence-electron chi connectivity index (χ3n) is 2.94. The van der Waals surface area contributed by atoms with Crippen LogP contribution in [0, 0.1) is 11.6 Å². The highest BCUT2D eigenvalue weighted by Gasteiger charge is 2.05. The molecule has 0 aliphatic rings. The molecule has 1 heterocycles. The number of halogens is 3. The quantitative estimate of drug-likeness (QED) is 0.641. The zero-order valence-corrected chi connectivity index (χ0v) is 13.3. The second kappa shape index (κ2) is 6.93. The van der Waals surface area contributed by atoms with Crippen LogP contribution in [0.25, 0.3) is 11.3 Å². The molecule has 0 aliphatic carbocycles. The lowest BCUT2D eigenvalue weighted by molar-refractivity contribution is 0.342. The number of anilines is 1. The molecule has 0 fully saturated rings. The van der Waals surface area contributed by atoms with Gasteiger partial charge in [0, 0.05) is 34.2 Å². The first-order valence-electron chi connectivity index (χ1n) is 6.64. The summed E-state index contributed by atoms with van der Waals surface area (Å²) >= 11 is 7.26. The largest absolute Gasteiger partial charge is 0.473 e. The number of nitrogens with one attached hydrogen (secondary N) is 1. The van der Waals surface area contributed by atoms with Crippen LogP contribution in [-0.4, -0.2) is 11.7 Å². The van der Waals surface area contributed by atoms with Crippen molar-refractivity contribution in [1.29, 1.82) is 0 Å².